The second-order valence-corrected chi connectivity index (χ2v) is 7.52. The number of fused-ring (bicyclic) bond motifs is 2. The van der Waals surface area contributed by atoms with E-state index >= 15 is 0 Å². The molecule has 7 nitrogen and oxygen atoms in total. The first-order chi connectivity index (χ1) is 13.1. The molecule has 0 radical (unpaired) electrons. The van der Waals surface area contributed by atoms with Crippen molar-refractivity contribution in [3.63, 3.8) is 0 Å². The van der Waals surface area contributed by atoms with Crippen molar-refractivity contribution in [2.45, 2.75) is 31.6 Å². The lowest BCUT2D eigenvalue weighted by Gasteiger charge is -2.20. The summed E-state index contributed by atoms with van der Waals surface area (Å²) in [5.74, 6) is 0.604. The number of benzene rings is 1. The van der Waals surface area contributed by atoms with E-state index in [1.165, 1.54) is 40.7 Å². The van der Waals surface area contributed by atoms with Crippen molar-refractivity contribution < 1.29 is 4.79 Å². The van der Waals surface area contributed by atoms with E-state index in [-0.39, 0.29) is 11.5 Å². The van der Waals surface area contributed by atoms with E-state index < -0.39 is 0 Å². The van der Waals surface area contributed by atoms with Gasteiger partial charge in [-0.3, -0.25) is 14.7 Å². The molecule has 0 saturated heterocycles. The first-order valence-corrected chi connectivity index (χ1v) is 9.42. The first kappa shape index (κ1) is 16.2. The number of nitrogens with one attached hydrogen (secondary N) is 1. The predicted octanol–water partition coefficient (Wildman–Crippen LogP) is 1.78. The SMILES string of the molecule is Cn1cnc2cc(C(=O)N3CCc4[nH]nc(C5CC5)c4CC3)ccc2c1=O. The summed E-state index contributed by atoms with van der Waals surface area (Å²) in [5, 5.41) is 8.23. The third kappa shape index (κ3) is 2.74. The average Bonchev–Trinajstić information content (AvgIpc) is 3.48. The predicted molar refractivity (Wildman–Crippen MR) is 101 cm³/mol. The second kappa shape index (κ2) is 6.04. The number of aryl methyl sites for hydroxylation is 1. The third-order valence-corrected chi connectivity index (χ3v) is 5.66. The number of carbonyl (C=O) groups excluding carboxylic acids is 1. The normalized spacial score (nSPS) is 17.0. The van der Waals surface area contributed by atoms with Gasteiger partial charge in [0.05, 0.1) is 22.9 Å². The molecule has 0 bridgehead atoms. The summed E-state index contributed by atoms with van der Waals surface area (Å²) in [6, 6.07) is 5.16. The molecule has 1 aliphatic heterocycles. The van der Waals surface area contributed by atoms with E-state index in [1.54, 1.807) is 25.2 Å². The maximum absolute atomic E-state index is 13.0. The van der Waals surface area contributed by atoms with Crippen LogP contribution in [-0.2, 0) is 19.9 Å². The van der Waals surface area contributed by atoms with Gasteiger partial charge in [-0.25, -0.2) is 4.98 Å². The van der Waals surface area contributed by atoms with Crippen LogP contribution in [0.4, 0.5) is 0 Å². The van der Waals surface area contributed by atoms with Crippen LogP contribution in [-0.4, -0.2) is 43.6 Å². The Labute approximate surface area is 156 Å². The number of aromatic nitrogens is 4. The molecule has 1 fully saturated rings. The number of rotatable bonds is 2. The van der Waals surface area contributed by atoms with Gasteiger partial charge in [0, 0.05) is 43.7 Å². The summed E-state index contributed by atoms with van der Waals surface area (Å²) in [6.07, 6.45) is 5.58. The molecule has 1 saturated carbocycles. The highest BCUT2D eigenvalue weighted by atomic mass is 16.2. The molecule has 1 amide bonds. The smallest absolute Gasteiger partial charge is 0.260 e. The molecule has 0 unspecified atom stereocenters. The van der Waals surface area contributed by atoms with Crippen LogP contribution in [0, 0.1) is 0 Å². The maximum atomic E-state index is 13.0. The molecule has 3 heterocycles. The Morgan fingerprint density at radius 2 is 2.04 bits per heavy atom. The average molecular weight is 363 g/mol. The van der Waals surface area contributed by atoms with Gasteiger partial charge in [0.25, 0.3) is 11.5 Å². The summed E-state index contributed by atoms with van der Waals surface area (Å²) in [4.78, 5) is 31.4. The van der Waals surface area contributed by atoms with E-state index in [4.69, 9.17) is 0 Å². The zero-order chi connectivity index (χ0) is 18.5. The van der Waals surface area contributed by atoms with Gasteiger partial charge in [0.1, 0.15) is 0 Å². The summed E-state index contributed by atoms with van der Waals surface area (Å²) in [7, 11) is 1.67. The monoisotopic (exact) mass is 363 g/mol. The lowest BCUT2D eigenvalue weighted by molar-refractivity contribution is 0.0763. The standard InChI is InChI=1S/C20H21N5O2/c1-24-11-21-17-10-13(4-5-15(17)20(24)27)19(26)25-8-6-14-16(7-9-25)22-23-18(14)12-2-3-12/h4-5,10-12H,2-3,6-9H2,1H3,(H,22,23). The molecule has 1 N–H and O–H groups in total. The Balaban J connectivity index is 1.40. The Hall–Kier alpha value is -2.96. The molecule has 2 aliphatic rings. The van der Waals surface area contributed by atoms with Crippen LogP contribution in [0.3, 0.4) is 0 Å². The largest absolute Gasteiger partial charge is 0.338 e. The first-order valence-electron chi connectivity index (χ1n) is 9.42. The minimum atomic E-state index is -0.104. The van der Waals surface area contributed by atoms with Crippen LogP contribution < -0.4 is 5.56 Å². The van der Waals surface area contributed by atoms with E-state index in [9.17, 15) is 9.59 Å². The number of aromatic amines is 1. The summed E-state index contributed by atoms with van der Waals surface area (Å²) in [6.45, 7) is 1.35. The number of amides is 1. The highest BCUT2D eigenvalue weighted by Gasteiger charge is 2.31. The van der Waals surface area contributed by atoms with Gasteiger partial charge in [0.2, 0.25) is 0 Å². The molecule has 138 valence electrons. The number of H-pyrrole nitrogens is 1. The van der Waals surface area contributed by atoms with Crippen molar-refractivity contribution >= 4 is 16.8 Å². The Morgan fingerprint density at radius 3 is 2.85 bits per heavy atom. The van der Waals surface area contributed by atoms with E-state index in [0.29, 0.717) is 35.5 Å². The number of hydrogen-bond donors (Lipinski definition) is 1. The van der Waals surface area contributed by atoms with Gasteiger partial charge in [-0.1, -0.05) is 0 Å². The molecule has 1 aromatic carbocycles. The Kier molecular flexibility index (Phi) is 3.63. The summed E-state index contributed by atoms with van der Waals surface area (Å²) in [5.41, 5.74) is 4.74. The quantitative estimate of drug-likeness (QED) is 0.752. The van der Waals surface area contributed by atoms with Crippen LogP contribution in [0.1, 0.15) is 46.1 Å². The van der Waals surface area contributed by atoms with E-state index in [2.05, 4.69) is 15.2 Å². The zero-order valence-electron chi connectivity index (χ0n) is 15.2. The van der Waals surface area contributed by atoms with Crippen LogP contribution in [0.15, 0.2) is 29.3 Å². The van der Waals surface area contributed by atoms with Crippen molar-refractivity contribution in [2.24, 2.45) is 7.05 Å². The maximum Gasteiger partial charge on any atom is 0.260 e. The molecular weight excluding hydrogens is 342 g/mol. The van der Waals surface area contributed by atoms with Crippen molar-refractivity contribution in [3.05, 3.63) is 57.4 Å². The minimum absolute atomic E-state index is 0.00883. The van der Waals surface area contributed by atoms with Crippen molar-refractivity contribution in [2.75, 3.05) is 13.1 Å². The van der Waals surface area contributed by atoms with Crippen LogP contribution in [0.2, 0.25) is 0 Å². The molecule has 0 spiro atoms. The highest BCUT2D eigenvalue weighted by molar-refractivity contribution is 5.97. The highest BCUT2D eigenvalue weighted by Crippen LogP contribution is 2.41. The third-order valence-electron chi connectivity index (χ3n) is 5.66. The fourth-order valence-electron chi connectivity index (χ4n) is 3.93. The van der Waals surface area contributed by atoms with Crippen molar-refractivity contribution in [1.29, 1.82) is 0 Å². The van der Waals surface area contributed by atoms with Gasteiger partial charge < -0.3 is 9.47 Å². The molecule has 7 heteroatoms. The Bertz CT molecular complexity index is 1110. The summed E-state index contributed by atoms with van der Waals surface area (Å²) >= 11 is 0. The lowest BCUT2D eigenvalue weighted by Crippen LogP contribution is -2.33. The van der Waals surface area contributed by atoms with Gasteiger partial charge in [-0.15, -0.1) is 0 Å². The second-order valence-electron chi connectivity index (χ2n) is 7.52. The van der Waals surface area contributed by atoms with E-state index in [0.717, 1.165) is 12.8 Å². The molecular formula is C20H21N5O2. The summed E-state index contributed by atoms with van der Waals surface area (Å²) < 4.78 is 1.44. The fraction of sp³-hybridized carbons (Fsp3) is 0.400. The van der Waals surface area contributed by atoms with Crippen LogP contribution in [0.5, 0.6) is 0 Å². The van der Waals surface area contributed by atoms with Gasteiger partial charge in [0.15, 0.2) is 0 Å². The topological polar surface area (TPSA) is 83.9 Å². The van der Waals surface area contributed by atoms with Crippen LogP contribution >= 0.6 is 0 Å². The minimum Gasteiger partial charge on any atom is -0.338 e. The number of nitrogens with zero attached hydrogens (tertiary/aromatic N) is 4. The number of carbonyl (C=O) groups is 1. The van der Waals surface area contributed by atoms with E-state index in [1.807, 2.05) is 4.90 Å². The molecule has 5 rings (SSSR count). The molecule has 2 aromatic heterocycles. The molecule has 1 aliphatic carbocycles. The Morgan fingerprint density at radius 1 is 1.22 bits per heavy atom. The molecule has 27 heavy (non-hydrogen) atoms. The van der Waals surface area contributed by atoms with Crippen molar-refractivity contribution in [1.82, 2.24) is 24.6 Å². The van der Waals surface area contributed by atoms with Gasteiger partial charge in [-0.05, 0) is 43.0 Å². The fourth-order valence-corrected chi connectivity index (χ4v) is 3.93. The van der Waals surface area contributed by atoms with Crippen LogP contribution in [0.25, 0.3) is 10.9 Å². The number of hydrogen-bond acceptors (Lipinski definition) is 4. The van der Waals surface area contributed by atoms with Crippen molar-refractivity contribution in [3.8, 4) is 0 Å². The van der Waals surface area contributed by atoms with Gasteiger partial charge in [-0.2, -0.15) is 5.10 Å². The molecule has 0 atom stereocenters. The van der Waals surface area contributed by atoms with Gasteiger partial charge >= 0.3 is 0 Å². The zero-order valence-corrected chi connectivity index (χ0v) is 15.2. The molecule has 3 aromatic rings. The lowest BCUT2D eigenvalue weighted by atomic mass is 10.1.